The number of nitrogens with one attached hydrogen (secondary N) is 2. The first-order valence-electron chi connectivity index (χ1n) is 10.2. The zero-order valence-electron chi connectivity index (χ0n) is 16.5. The lowest BCUT2D eigenvalue weighted by Gasteiger charge is -2.55. The molecule has 4 fully saturated rings. The third-order valence-corrected chi connectivity index (χ3v) is 6.60. The minimum atomic E-state index is -0.837. The summed E-state index contributed by atoms with van der Waals surface area (Å²) >= 11 is 0. The summed E-state index contributed by atoms with van der Waals surface area (Å²) in [5.74, 6) is 1.29. The zero-order valence-corrected chi connectivity index (χ0v) is 16.5. The van der Waals surface area contributed by atoms with Gasteiger partial charge in [-0.1, -0.05) is 0 Å². The van der Waals surface area contributed by atoms with Crippen LogP contribution in [0.1, 0.15) is 52.4 Å². The van der Waals surface area contributed by atoms with Crippen LogP contribution >= 0.6 is 0 Å². The van der Waals surface area contributed by atoms with Crippen LogP contribution in [0.15, 0.2) is 24.3 Å². The Kier molecular flexibility index (Phi) is 4.89. The predicted molar refractivity (Wildman–Crippen MR) is 106 cm³/mol. The summed E-state index contributed by atoms with van der Waals surface area (Å²) in [7, 11) is 0. The smallest absolute Gasteiger partial charge is 0.312 e. The van der Waals surface area contributed by atoms with Crippen LogP contribution in [0.25, 0.3) is 0 Å². The summed E-state index contributed by atoms with van der Waals surface area (Å²) in [5.41, 5.74) is 0.895. The van der Waals surface area contributed by atoms with Crippen LogP contribution < -0.4 is 10.6 Å². The van der Waals surface area contributed by atoms with Gasteiger partial charge < -0.3 is 15.4 Å². The normalized spacial score (nSPS) is 31.1. The Balaban J connectivity index is 1.34. The second-order valence-corrected chi connectivity index (χ2v) is 8.99. The molecule has 5 rings (SSSR count). The number of carbonyl (C=O) groups is 3. The topological polar surface area (TPSA) is 84.5 Å². The molecule has 0 aliphatic heterocycles. The van der Waals surface area contributed by atoms with E-state index < -0.39 is 6.10 Å². The number of anilines is 2. The fourth-order valence-electron chi connectivity index (χ4n) is 5.78. The summed E-state index contributed by atoms with van der Waals surface area (Å²) in [6.07, 6.45) is 5.73. The summed E-state index contributed by atoms with van der Waals surface area (Å²) in [6.45, 7) is 3.06. The minimum Gasteiger partial charge on any atom is -0.452 e. The molecule has 1 aromatic carbocycles. The molecule has 2 N–H and O–H groups in total. The number of rotatable bonds is 5. The molecular weight excluding hydrogens is 356 g/mol. The Morgan fingerprint density at radius 2 is 1.39 bits per heavy atom. The summed E-state index contributed by atoms with van der Waals surface area (Å²) < 4.78 is 5.64. The van der Waals surface area contributed by atoms with E-state index in [0.29, 0.717) is 29.1 Å². The van der Waals surface area contributed by atoms with Gasteiger partial charge in [-0.05, 0) is 87.5 Å². The molecule has 0 radical (unpaired) electrons. The number of benzene rings is 1. The van der Waals surface area contributed by atoms with E-state index >= 15 is 0 Å². The SMILES string of the molecule is CC(=O)Nc1ccc(NC(=O)[C@H](C)OC(=O)C23CC4CC(CC(C4)C2)C3)cc1. The van der Waals surface area contributed by atoms with Crippen molar-refractivity contribution in [3.63, 3.8) is 0 Å². The van der Waals surface area contributed by atoms with Crippen LogP contribution in [0.3, 0.4) is 0 Å². The minimum absolute atomic E-state index is 0.151. The molecule has 1 aromatic rings. The fourth-order valence-corrected chi connectivity index (χ4v) is 5.78. The van der Waals surface area contributed by atoms with Gasteiger partial charge in [0, 0.05) is 18.3 Å². The molecule has 0 saturated heterocycles. The van der Waals surface area contributed by atoms with Crippen LogP contribution in [0, 0.1) is 23.2 Å². The van der Waals surface area contributed by atoms with Gasteiger partial charge in [-0.25, -0.2) is 0 Å². The van der Waals surface area contributed by atoms with E-state index in [4.69, 9.17) is 4.74 Å². The monoisotopic (exact) mass is 384 g/mol. The number of ether oxygens (including phenoxy) is 1. The predicted octanol–water partition coefficient (Wildman–Crippen LogP) is 3.73. The average molecular weight is 384 g/mol. The Labute approximate surface area is 165 Å². The van der Waals surface area contributed by atoms with Gasteiger partial charge >= 0.3 is 5.97 Å². The maximum Gasteiger partial charge on any atom is 0.312 e. The average Bonchev–Trinajstić information content (AvgIpc) is 2.61. The maximum absolute atomic E-state index is 13.0. The Morgan fingerprint density at radius 1 is 0.929 bits per heavy atom. The molecular formula is C22H28N2O4. The first-order chi connectivity index (χ1) is 13.3. The molecule has 1 atom stereocenters. The lowest BCUT2D eigenvalue weighted by Crippen LogP contribution is -2.51. The fraction of sp³-hybridized carbons (Fsp3) is 0.591. The first kappa shape index (κ1) is 19.0. The van der Waals surface area contributed by atoms with E-state index in [0.717, 1.165) is 19.3 Å². The number of carbonyl (C=O) groups excluding carboxylic acids is 3. The molecule has 28 heavy (non-hydrogen) atoms. The molecule has 0 spiro atoms. The standard InChI is InChI=1S/C22H28N2O4/c1-13(20(26)24-19-5-3-18(4-6-19)23-14(2)25)28-21(27)22-10-15-7-16(11-22)9-17(8-15)12-22/h3-6,13,15-17H,7-12H2,1-2H3,(H,23,25)(H,24,26)/t13-,15?,16?,17?,22?/m0/s1. The highest BCUT2D eigenvalue weighted by atomic mass is 16.5. The summed E-state index contributed by atoms with van der Waals surface area (Å²) in [6, 6.07) is 6.83. The Bertz CT molecular complexity index is 751. The first-order valence-corrected chi connectivity index (χ1v) is 10.2. The van der Waals surface area contributed by atoms with Crippen molar-refractivity contribution in [2.75, 3.05) is 10.6 Å². The van der Waals surface area contributed by atoms with E-state index in [9.17, 15) is 14.4 Å². The summed E-state index contributed by atoms with van der Waals surface area (Å²) in [4.78, 5) is 36.5. The van der Waals surface area contributed by atoms with Gasteiger partial charge in [0.15, 0.2) is 6.10 Å². The molecule has 6 heteroatoms. The van der Waals surface area contributed by atoms with Gasteiger partial charge in [0.2, 0.25) is 5.91 Å². The summed E-state index contributed by atoms with van der Waals surface area (Å²) in [5, 5.41) is 5.45. The van der Waals surface area contributed by atoms with E-state index in [1.54, 1.807) is 31.2 Å². The highest BCUT2D eigenvalue weighted by Gasteiger charge is 2.55. The van der Waals surface area contributed by atoms with E-state index in [1.807, 2.05) is 0 Å². The maximum atomic E-state index is 13.0. The van der Waals surface area contributed by atoms with Crippen molar-refractivity contribution < 1.29 is 19.1 Å². The lowest BCUT2D eigenvalue weighted by molar-refractivity contribution is -0.177. The Hall–Kier alpha value is -2.37. The van der Waals surface area contributed by atoms with E-state index in [2.05, 4.69) is 10.6 Å². The van der Waals surface area contributed by atoms with Crippen LogP contribution in [0.2, 0.25) is 0 Å². The second kappa shape index (κ2) is 7.22. The zero-order chi connectivity index (χ0) is 19.9. The largest absolute Gasteiger partial charge is 0.452 e. The van der Waals surface area contributed by atoms with Crippen molar-refractivity contribution in [2.24, 2.45) is 23.2 Å². The Morgan fingerprint density at radius 3 is 1.86 bits per heavy atom. The van der Waals surface area contributed by atoms with Crippen LogP contribution in [-0.2, 0) is 19.1 Å². The van der Waals surface area contributed by atoms with Crippen molar-refractivity contribution in [3.05, 3.63) is 24.3 Å². The van der Waals surface area contributed by atoms with Crippen LogP contribution in [0.4, 0.5) is 11.4 Å². The number of hydrogen-bond acceptors (Lipinski definition) is 4. The molecule has 0 aromatic heterocycles. The van der Waals surface area contributed by atoms with Gasteiger partial charge in [0.25, 0.3) is 5.91 Å². The van der Waals surface area contributed by atoms with Crippen LogP contribution in [0.5, 0.6) is 0 Å². The van der Waals surface area contributed by atoms with Crippen LogP contribution in [-0.4, -0.2) is 23.9 Å². The molecule has 0 heterocycles. The van der Waals surface area contributed by atoms with Gasteiger partial charge in [-0.3, -0.25) is 14.4 Å². The lowest BCUT2D eigenvalue weighted by atomic mass is 9.49. The van der Waals surface area contributed by atoms with Crippen molar-refractivity contribution in [2.45, 2.75) is 58.5 Å². The number of hydrogen-bond donors (Lipinski definition) is 2. The number of amides is 2. The highest BCUT2D eigenvalue weighted by Crippen LogP contribution is 2.60. The third-order valence-electron chi connectivity index (χ3n) is 6.60. The van der Waals surface area contributed by atoms with Gasteiger partial charge in [-0.15, -0.1) is 0 Å². The van der Waals surface area contributed by atoms with Crippen molar-refractivity contribution >= 4 is 29.2 Å². The van der Waals surface area contributed by atoms with E-state index in [1.165, 1.54) is 26.2 Å². The highest BCUT2D eigenvalue weighted by molar-refractivity contribution is 5.96. The van der Waals surface area contributed by atoms with Gasteiger partial charge in [0.1, 0.15) is 0 Å². The molecule has 150 valence electrons. The van der Waals surface area contributed by atoms with Crippen molar-refractivity contribution in [1.29, 1.82) is 0 Å². The molecule has 4 aliphatic rings. The van der Waals surface area contributed by atoms with Crippen molar-refractivity contribution in [1.82, 2.24) is 0 Å². The number of esters is 1. The molecule has 2 amide bonds. The van der Waals surface area contributed by atoms with Crippen molar-refractivity contribution in [3.8, 4) is 0 Å². The second-order valence-electron chi connectivity index (χ2n) is 8.99. The third kappa shape index (κ3) is 3.77. The van der Waals surface area contributed by atoms with Gasteiger partial charge in [-0.2, -0.15) is 0 Å². The molecule has 4 saturated carbocycles. The quantitative estimate of drug-likeness (QED) is 0.758. The molecule has 6 nitrogen and oxygen atoms in total. The van der Waals surface area contributed by atoms with E-state index in [-0.39, 0.29) is 23.2 Å². The molecule has 4 bridgehead atoms. The van der Waals surface area contributed by atoms with Gasteiger partial charge in [0.05, 0.1) is 5.41 Å². The molecule has 0 unspecified atom stereocenters. The molecule has 4 aliphatic carbocycles.